The van der Waals surface area contributed by atoms with Crippen LogP contribution in [0.5, 0.6) is 0 Å². The van der Waals surface area contributed by atoms with Crippen LogP contribution in [0.25, 0.3) is 0 Å². The first-order valence-corrected chi connectivity index (χ1v) is 5.15. The molecule has 1 aromatic heterocycles. The van der Waals surface area contributed by atoms with E-state index in [1.165, 1.54) is 0 Å². The number of aryl methyl sites for hydroxylation is 1. The number of carbonyl (C=O) groups is 1. The zero-order valence-corrected chi connectivity index (χ0v) is 8.92. The van der Waals surface area contributed by atoms with Crippen LogP contribution in [0.4, 0.5) is 5.82 Å². The van der Waals surface area contributed by atoms with E-state index >= 15 is 0 Å². The van der Waals surface area contributed by atoms with Crippen molar-refractivity contribution in [3.63, 3.8) is 0 Å². The maximum atomic E-state index is 12.1. The Morgan fingerprint density at radius 1 is 1.25 bits per heavy atom. The van der Waals surface area contributed by atoms with Gasteiger partial charge in [-0.15, -0.1) is 0 Å². The highest BCUT2D eigenvalue weighted by atomic mass is 16.2. The standard InChI is InChI=1S/C12H11N3O/c1-14-11(6-7-13-14)15-8-9-4-2-3-5-10(9)12(15)16/h2-7H,8H2,1H3. The first kappa shape index (κ1) is 9.15. The highest BCUT2D eigenvalue weighted by molar-refractivity contribution is 6.09. The third-order valence-corrected chi connectivity index (χ3v) is 2.89. The average Bonchev–Trinajstić information content (AvgIpc) is 2.84. The maximum absolute atomic E-state index is 12.1. The summed E-state index contributed by atoms with van der Waals surface area (Å²) in [5, 5.41) is 4.08. The molecule has 0 fully saturated rings. The number of hydrogen-bond donors (Lipinski definition) is 0. The fraction of sp³-hybridized carbons (Fsp3) is 0.167. The van der Waals surface area contributed by atoms with Gasteiger partial charge < -0.3 is 0 Å². The van der Waals surface area contributed by atoms with Crippen molar-refractivity contribution in [2.45, 2.75) is 6.54 Å². The van der Waals surface area contributed by atoms with E-state index in [4.69, 9.17) is 0 Å². The number of fused-ring (bicyclic) bond motifs is 1. The largest absolute Gasteiger partial charge is 0.288 e. The van der Waals surface area contributed by atoms with Gasteiger partial charge in [0.1, 0.15) is 5.82 Å². The minimum atomic E-state index is 0.0548. The van der Waals surface area contributed by atoms with Crippen LogP contribution >= 0.6 is 0 Å². The summed E-state index contributed by atoms with van der Waals surface area (Å²) in [6.45, 7) is 0.633. The van der Waals surface area contributed by atoms with Gasteiger partial charge in [-0.2, -0.15) is 5.10 Å². The molecule has 0 N–H and O–H groups in total. The normalized spacial score (nSPS) is 14.3. The van der Waals surface area contributed by atoms with Gasteiger partial charge in [0.25, 0.3) is 5.91 Å². The van der Waals surface area contributed by atoms with E-state index in [-0.39, 0.29) is 5.91 Å². The molecule has 0 atom stereocenters. The van der Waals surface area contributed by atoms with Crippen LogP contribution in [0.15, 0.2) is 36.5 Å². The molecular formula is C12H11N3O. The van der Waals surface area contributed by atoms with E-state index in [1.807, 2.05) is 37.4 Å². The van der Waals surface area contributed by atoms with Crippen molar-refractivity contribution in [1.29, 1.82) is 0 Å². The molecule has 80 valence electrons. The van der Waals surface area contributed by atoms with E-state index in [0.717, 1.165) is 16.9 Å². The minimum Gasteiger partial charge on any atom is -0.288 e. The first-order valence-electron chi connectivity index (χ1n) is 5.15. The second-order valence-corrected chi connectivity index (χ2v) is 3.86. The van der Waals surface area contributed by atoms with E-state index < -0.39 is 0 Å². The monoisotopic (exact) mass is 213 g/mol. The van der Waals surface area contributed by atoms with Crippen molar-refractivity contribution in [3.8, 4) is 0 Å². The van der Waals surface area contributed by atoms with Crippen molar-refractivity contribution >= 4 is 11.7 Å². The topological polar surface area (TPSA) is 38.1 Å². The minimum absolute atomic E-state index is 0.0548. The van der Waals surface area contributed by atoms with Crippen LogP contribution in [-0.2, 0) is 13.6 Å². The fourth-order valence-corrected chi connectivity index (χ4v) is 2.07. The smallest absolute Gasteiger partial charge is 0.260 e. The van der Waals surface area contributed by atoms with E-state index in [0.29, 0.717) is 6.54 Å². The number of carbonyl (C=O) groups excluding carboxylic acids is 1. The second-order valence-electron chi connectivity index (χ2n) is 3.86. The Hall–Kier alpha value is -2.10. The molecule has 0 saturated carbocycles. The van der Waals surface area contributed by atoms with Crippen molar-refractivity contribution in [2.75, 3.05) is 4.90 Å². The lowest BCUT2D eigenvalue weighted by Crippen LogP contribution is -2.25. The molecule has 16 heavy (non-hydrogen) atoms. The number of aromatic nitrogens is 2. The van der Waals surface area contributed by atoms with Gasteiger partial charge in [0.15, 0.2) is 0 Å². The Morgan fingerprint density at radius 3 is 2.75 bits per heavy atom. The summed E-state index contributed by atoms with van der Waals surface area (Å²) < 4.78 is 1.71. The Bertz CT molecular complexity index is 559. The van der Waals surface area contributed by atoms with Crippen LogP contribution < -0.4 is 4.90 Å². The van der Waals surface area contributed by atoms with Crippen molar-refractivity contribution in [1.82, 2.24) is 9.78 Å². The van der Waals surface area contributed by atoms with Crippen LogP contribution in [0.1, 0.15) is 15.9 Å². The zero-order valence-electron chi connectivity index (χ0n) is 8.92. The van der Waals surface area contributed by atoms with Gasteiger partial charge in [-0.05, 0) is 11.6 Å². The third-order valence-electron chi connectivity index (χ3n) is 2.89. The lowest BCUT2D eigenvalue weighted by Gasteiger charge is -2.14. The first-order chi connectivity index (χ1) is 7.77. The summed E-state index contributed by atoms with van der Waals surface area (Å²) in [4.78, 5) is 13.9. The highest BCUT2D eigenvalue weighted by Gasteiger charge is 2.29. The van der Waals surface area contributed by atoms with Crippen LogP contribution in [0, 0.1) is 0 Å². The van der Waals surface area contributed by atoms with Gasteiger partial charge in [-0.1, -0.05) is 18.2 Å². The molecule has 0 radical (unpaired) electrons. The lowest BCUT2D eigenvalue weighted by atomic mass is 10.1. The molecule has 1 aromatic carbocycles. The molecule has 1 aliphatic heterocycles. The lowest BCUT2D eigenvalue weighted by molar-refractivity contribution is 0.0995. The Morgan fingerprint density at radius 2 is 2.06 bits per heavy atom. The number of amides is 1. The van der Waals surface area contributed by atoms with Crippen molar-refractivity contribution in [2.24, 2.45) is 7.05 Å². The van der Waals surface area contributed by atoms with E-state index in [1.54, 1.807) is 15.8 Å². The summed E-state index contributed by atoms with van der Waals surface area (Å²) in [7, 11) is 1.84. The van der Waals surface area contributed by atoms with Crippen LogP contribution in [-0.4, -0.2) is 15.7 Å². The summed E-state index contributed by atoms with van der Waals surface area (Å²) in [5.41, 5.74) is 1.87. The summed E-state index contributed by atoms with van der Waals surface area (Å²) in [6.07, 6.45) is 1.70. The number of hydrogen-bond acceptors (Lipinski definition) is 2. The summed E-state index contributed by atoms with van der Waals surface area (Å²) in [5.74, 6) is 0.889. The van der Waals surface area contributed by atoms with Gasteiger partial charge in [-0.3, -0.25) is 14.4 Å². The number of rotatable bonds is 1. The van der Waals surface area contributed by atoms with Gasteiger partial charge in [-0.25, -0.2) is 0 Å². The molecule has 0 saturated heterocycles. The molecule has 4 nitrogen and oxygen atoms in total. The Balaban J connectivity index is 2.05. The zero-order chi connectivity index (χ0) is 11.1. The quantitative estimate of drug-likeness (QED) is 0.721. The van der Waals surface area contributed by atoms with Crippen molar-refractivity contribution < 1.29 is 4.79 Å². The molecule has 2 aromatic rings. The molecule has 3 rings (SSSR count). The number of nitrogens with zero attached hydrogens (tertiary/aromatic N) is 3. The molecular weight excluding hydrogens is 202 g/mol. The van der Waals surface area contributed by atoms with Gasteiger partial charge >= 0.3 is 0 Å². The maximum Gasteiger partial charge on any atom is 0.260 e. The molecule has 2 heterocycles. The van der Waals surface area contributed by atoms with Crippen LogP contribution in [0.2, 0.25) is 0 Å². The molecule has 4 heteroatoms. The highest BCUT2D eigenvalue weighted by Crippen LogP contribution is 2.27. The van der Waals surface area contributed by atoms with Gasteiger partial charge in [0, 0.05) is 18.7 Å². The molecule has 1 amide bonds. The fourth-order valence-electron chi connectivity index (χ4n) is 2.07. The van der Waals surface area contributed by atoms with E-state index in [9.17, 15) is 4.79 Å². The molecule has 0 unspecified atom stereocenters. The van der Waals surface area contributed by atoms with Crippen LogP contribution in [0.3, 0.4) is 0 Å². The number of benzene rings is 1. The van der Waals surface area contributed by atoms with E-state index in [2.05, 4.69) is 5.10 Å². The summed E-state index contributed by atoms with van der Waals surface area (Å²) in [6, 6.07) is 9.56. The predicted octanol–water partition coefficient (Wildman–Crippen LogP) is 1.58. The Kier molecular flexibility index (Phi) is 1.83. The van der Waals surface area contributed by atoms with Gasteiger partial charge in [0.2, 0.25) is 0 Å². The Labute approximate surface area is 93.1 Å². The SMILES string of the molecule is Cn1nccc1N1Cc2ccccc2C1=O. The third kappa shape index (κ3) is 1.16. The molecule has 0 bridgehead atoms. The van der Waals surface area contributed by atoms with Crippen molar-refractivity contribution in [3.05, 3.63) is 47.7 Å². The molecule has 0 spiro atoms. The molecule has 0 aliphatic carbocycles. The average molecular weight is 213 g/mol. The second kappa shape index (κ2) is 3.20. The molecule has 1 aliphatic rings. The van der Waals surface area contributed by atoms with Gasteiger partial charge in [0.05, 0.1) is 12.7 Å². The number of anilines is 1. The summed E-state index contributed by atoms with van der Waals surface area (Å²) >= 11 is 0. The predicted molar refractivity (Wildman–Crippen MR) is 60.2 cm³/mol.